The quantitative estimate of drug-likeness (QED) is 0.740. The molecule has 0 radical (unpaired) electrons. The van der Waals surface area contributed by atoms with Gasteiger partial charge in [0.2, 0.25) is 0 Å². The number of nitrogens with zero attached hydrogens (tertiary/aromatic N) is 2. The minimum absolute atomic E-state index is 0.0459. The Morgan fingerprint density at radius 2 is 2.16 bits per heavy atom. The van der Waals surface area contributed by atoms with Crippen LogP contribution in [0.5, 0.6) is 5.75 Å². The number of nitrogens with one attached hydrogen (secondary N) is 2. The minimum Gasteiger partial charge on any atom is -0.497 e. The summed E-state index contributed by atoms with van der Waals surface area (Å²) in [6.45, 7) is 0. The second-order valence-corrected chi connectivity index (χ2v) is 5.49. The van der Waals surface area contributed by atoms with Crippen LogP contribution in [0.1, 0.15) is 27.8 Å². The molecule has 1 aromatic carbocycles. The summed E-state index contributed by atoms with van der Waals surface area (Å²) in [7, 11) is 3.42. The second-order valence-electron chi connectivity index (χ2n) is 5.49. The topological polar surface area (TPSA) is 89.0 Å². The summed E-state index contributed by atoms with van der Waals surface area (Å²) in [4.78, 5) is 31.3. The van der Waals surface area contributed by atoms with Crippen molar-refractivity contribution in [1.29, 1.82) is 0 Å². The van der Waals surface area contributed by atoms with Crippen molar-refractivity contribution in [3.63, 3.8) is 0 Å². The number of H-pyrrole nitrogens is 1. The largest absolute Gasteiger partial charge is 0.497 e. The number of carbonyl (C=O) groups excluding carboxylic acids is 1. The monoisotopic (exact) mass is 338 g/mol. The van der Waals surface area contributed by atoms with Gasteiger partial charge in [-0.25, -0.2) is 4.98 Å². The molecule has 0 bridgehead atoms. The Hall–Kier alpha value is -3.35. The van der Waals surface area contributed by atoms with Crippen molar-refractivity contribution >= 4 is 5.91 Å². The maximum absolute atomic E-state index is 12.6. The molecule has 1 atom stereocenters. The molecular weight excluding hydrogens is 320 g/mol. The van der Waals surface area contributed by atoms with Gasteiger partial charge < -0.3 is 19.6 Å². The number of aryl methyl sites for hydroxylation is 1. The Labute approximate surface area is 144 Å². The zero-order chi connectivity index (χ0) is 17.8. The van der Waals surface area contributed by atoms with Gasteiger partial charge in [0.25, 0.3) is 11.5 Å². The van der Waals surface area contributed by atoms with Crippen molar-refractivity contribution in [2.75, 3.05) is 7.11 Å². The van der Waals surface area contributed by atoms with E-state index in [0.29, 0.717) is 11.6 Å². The number of rotatable bonds is 5. The van der Waals surface area contributed by atoms with Gasteiger partial charge in [-0.1, -0.05) is 12.1 Å². The van der Waals surface area contributed by atoms with Gasteiger partial charge in [0.1, 0.15) is 23.2 Å². The third-order valence-electron chi connectivity index (χ3n) is 3.88. The van der Waals surface area contributed by atoms with Crippen molar-refractivity contribution in [2.45, 2.75) is 6.04 Å². The first-order chi connectivity index (χ1) is 12.1. The van der Waals surface area contributed by atoms with Gasteiger partial charge in [-0.3, -0.25) is 9.59 Å². The zero-order valence-electron chi connectivity index (χ0n) is 13.9. The van der Waals surface area contributed by atoms with E-state index in [2.05, 4.69) is 15.3 Å². The zero-order valence-corrected chi connectivity index (χ0v) is 13.9. The Bertz CT molecular complexity index is 945. The van der Waals surface area contributed by atoms with Crippen molar-refractivity contribution < 1.29 is 9.53 Å². The number of hydrogen-bond acceptors (Lipinski definition) is 4. The molecule has 2 aromatic heterocycles. The van der Waals surface area contributed by atoms with Crippen LogP contribution in [0.25, 0.3) is 0 Å². The first-order valence-corrected chi connectivity index (χ1v) is 7.70. The maximum atomic E-state index is 12.6. The average Bonchev–Trinajstić information content (AvgIpc) is 3.05. The number of imidazole rings is 1. The van der Waals surface area contributed by atoms with Crippen LogP contribution >= 0.6 is 0 Å². The van der Waals surface area contributed by atoms with Crippen LogP contribution in [0.2, 0.25) is 0 Å². The smallest absolute Gasteiger partial charge is 0.260 e. The molecule has 7 nitrogen and oxygen atoms in total. The molecule has 7 heteroatoms. The van der Waals surface area contributed by atoms with Crippen LogP contribution < -0.4 is 15.6 Å². The normalized spacial score (nSPS) is 11.8. The maximum Gasteiger partial charge on any atom is 0.260 e. The number of amides is 1. The van der Waals surface area contributed by atoms with Crippen LogP contribution in [-0.2, 0) is 7.05 Å². The Morgan fingerprint density at radius 3 is 2.84 bits per heavy atom. The van der Waals surface area contributed by atoms with Crippen molar-refractivity contribution in [2.24, 2.45) is 7.05 Å². The molecule has 2 heterocycles. The molecule has 2 N–H and O–H groups in total. The predicted octanol–water partition coefficient (Wildman–Crippen LogP) is 1.64. The lowest BCUT2D eigenvalue weighted by atomic mass is 10.0. The Morgan fingerprint density at radius 1 is 1.32 bits per heavy atom. The van der Waals surface area contributed by atoms with Gasteiger partial charge in [-0.2, -0.15) is 0 Å². The van der Waals surface area contributed by atoms with Gasteiger partial charge in [0, 0.05) is 25.6 Å². The number of ether oxygens (including phenoxy) is 1. The summed E-state index contributed by atoms with van der Waals surface area (Å²) < 4.78 is 7.09. The highest BCUT2D eigenvalue weighted by Crippen LogP contribution is 2.24. The van der Waals surface area contributed by atoms with E-state index in [1.165, 1.54) is 12.3 Å². The van der Waals surface area contributed by atoms with Crippen LogP contribution in [0, 0.1) is 0 Å². The van der Waals surface area contributed by atoms with Crippen LogP contribution in [-0.4, -0.2) is 27.6 Å². The van der Waals surface area contributed by atoms with Gasteiger partial charge in [0.15, 0.2) is 0 Å². The standard InChI is InChI=1S/C18H18N4O3/c1-22-10-9-19-16(22)15(12-5-3-6-13(11-12)25-2)21-18(24)14-7-4-8-20-17(14)23/h3-11,15H,1-2H3,(H,20,23)(H,21,24)/t15-/m1/s1. The lowest BCUT2D eigenvalue weighted by Gasteiger charge is -2.19. The van der Waals surface area contributed by atoms with Gasteiger partial charge >= 0.3 is 0 Å². The van der Waals surface area contributed by atoms with Crippen molar-refractivity contribution in [3.05, 3.63) is 82.3 Å². The number of carbonyl (C=O) groups is 1. The van der Waals surface area contributed by atoms with Crippen molar-refractivity contribution in [3.8, 4) is 5.75 Å². The molecule has 1 amide bonds. The fourth-order valence-electron chi connectivity index (χ4n) is 2.58. The molecule has 0 saturated carbocycles. The number of aromatic amines is 1. The highest BCUT2D eigenvalue weighted by atomic mass is 16.5. The van der Waals surface area contributed by atoms with E-state index in [1.807, 2.05) is 35.9 Å². The molecule has 0 aliphatic rings. The average molecular weight is 338 g/mol. The summed E-state index contributed by atoms with van der Waals surface area (Å²) in [5, 5.41) is 2.89. The third kappa shape index (κ3) is 3.45. The van der Waals surface area contributed by atoms with Crippen LogP contribution in [0.4, 0.5) is 0 Å². The van der Waals surface area contributed by atoms with Gasteiger partial charge in [0.05, 0.1) is 7.11 Å². The number of hydrogen-bond donors (Lipinski definition) is 2. The van der Waals surface area contributed by atoms with E-state index in [1.54, 1.807) is 25.6 Å². The van der Waals surface area contributed by atoms with Crippen molar-refractivity contribution in [1.82, 2.24) is 19.9 Å². The van der Waals surface area contributed by atoms with E-state index < -0.39 is 17.5 Å². The molecule has 25 heavy (non-hydrogen) atoms. The Balaban J connectivity index is 2.00. The molecule has 0 aliphatic heterocycles. The Kier molecular flexibility index (Phi) is 4.65. The molecule has 3 rings (SSSR count). The predicted molar refractivity (Wildman–Crippen MR) is 92.6 cm³/mol. The van der Waals surface area contributed by atoms with Gasteiger partial charge in [-0.05, 0) is 29.8 Å². The van der Waals surface area contributed by atoms with E-state index in [9.17, 15) is 9.59 Å². The highest BCUT2D eigenvalue weighted by molar-refractivity contribution is 5.94. The fourth-order valence-corrected chi connectivity index (χ4v) is 2.58. The summed E-state index contributed by atoms with van der Waals surface area (Å²) in [6, 6.07) is 9.93. The molecule has 0 spiro atoms. The molecule has 128 valence electrons. The minimum atomic E-state index is -0.526. The summed E-state index contributed by atoms with van der Waals surface area (Å²) >= 11 is 0. The second kappa shape index (κ2) is 7.04. The van der Waals surface area contributed by atoms with Gasteiger partial charge in [-0.15, -0.1) is 0 Å². The van der Waals surface area contributed by atoms with E-state index in [0.717, 1.165) is 5.56 Å². The molecule has 3 aromatic rings. The molecule has 0 saturated heterocycles. The lowest BCUT2D eigenvalue weighted by Crippen LogP contribution is -2.34. The number of benzene rings is 1. The summed E-state index contributed by atoms with van der Waals surface area (Å²) in [5.41, 5.74) is 0.406. The van der Waals surface area contributed by atoms with E-state index in [-0.39, 0.29) is 5.56 Å². The molecular formula is C18H18N4O3. The fraction of sp³-hybridized carbons (Fsp3) is 0.167. The highest BCUT2D eigenvalue weighted by Gasteiger charge is 2.23. The first-order valence-electron chi connectivity index (χ1n) is 7.70. The number of methoxy groups -OCH3 is 1. The SMILES string of the molecule is COc1cccc([C@@H](NC(=O)c2ccc[nH]c2=O)c2nccn2C)c1. The van der Waals surface area contributed by atoms with E-state index >= 15 is 0 Å². The summed E-state index contributed by atoms with van der Waals surface area (Å²) in [5.74, 6) is 0.843. The summed E-state index contributed by atoms with van der Waals surface area (Å²) in [6.07, 6.45) is 4.94. The lowest BCUT2D eigenvalue weighted by molar-refractivity contribution is 0.0939. The number of aromatic nitrogens is 3. The first kappa shape index (κ1) is 16.5. The molecule has 0 aliphatic carbocycles. The number of pyridine rings is 1. The molecule has 0 fully saturated rings. The van der Waals surface area contributed by atoms with Crippen LogP contribution in [0.3, 0.4) is 0 Å². The molecule has 0 unspecified atom stereocenters. The third-order valence-corrected chi connectivity index (χ3v) is 3.88. The van der Waals surface area contributed by atoms with Crippen LogP contribution in [0.15, 0.2) is 59.8 Å². The van der Waals surface area contributed by atoms with E-state index in [4.69, 9.17) is 4.74 Å².